The molecule has 1 fully saturated rings. The topological polar surface area (TPSA) is 74.3 Å². The molecule has 37 heavy (non-hydrogen) atoms. The van der Waals surface area contributed by atoms with Crippen molar-refractivity contribution in [1.29, 1.82) is 0 Å². The summed E-state index contributed by atoms with van der Waals surface area (Å²) in [6.07, 6.45) is 1.66. The minimum Gasteiger partial charge on any atom is -0.493 e. The van der Waals surface area contributed by atoms with Crippen molar-refractivity contribution in [2.45, 2.75) is 13.2 Å². The zero-order valence-electron chi connectivity index (χ0n) is 19.3. The number of methoxy groups -OCH3 is 1. The van der Waals surface area contributed by atoms with Gasteiger partial charge in [0.2, 0.25) is 6.79 Å². The van der Waals surface area contributed by atoms with Crippen molar-refractivity contribution in [3.63, 3.8) is 0 Å². The molecule has 7 nitrogen and oxygen atoms in total. The second-order valence-electron chi connectivity index (χ2n) is 7.98. The van der Waals surface area contributed by atoms with Crippen molar-refractivity contribution < 1.29 is 28.5 Å². The predicted octanol–water partition coefficient (Wildman–Crippen LogP) is 7.15. The van der Waals surface area contributed by atoms with Crippen LogP contribution < -0.4 is 18.9 Å². The Morgan fingerprint density at radius 1 is 1.05 bits per heavy atom. The van der Waals surface area contributed by atoms with Gasteiger partial charge in [0.1, 0.15) is 6.61 Å². The SMILES string of the molecule is COc1cc(/C=C2/SC(=O)N(Cc3cc4c(cc3Cl)OCO4)C2=O)cc(I)c1OCc1ccccc1Cl. The first-order valence-electron chi connectivity index (χ1n) is 10.9. The van der Waals surface area contributed by atoms with E-state index in [2.05, 4.69) is 22.6 Å². The van der Waals surface area contributed by atoms with Crippen LogP contribution in [0.1, 0.15) is 16.7 Å². The Bertz CT molecular complexity index is 1450. The summed E-state index contributed by atoms with van der Waals surface area (Å²) in [6.45, 7) is 0.394. The molecule has 0 aliphatic carbocycles. The van der Waals surface area contributed by atoms with Gasteiger partial charge < -0.3 is 18.9 Å². The second kappa shape index (κ2) is 11.0. The van der Waals surface area contributed by atoms with E-state index in [-0.39, 0.29) is 25.2 Å². The molecule has 0 radical (unpaired) electrons. The monoisotopic (exact) mass is 669 g/mol. The van der Waals surface area contributed by atoms with Crippen LogP contribution in [0, 0.1) is 3.57 Å². The van der Waals surface area contributed by atoms with Crippen molar-refractivity contribution in [3.8, 4) is 23.0 Å². The van der Waals surface area contributed by atoms with Gasteiger partial charge in [-0.1, -0.05) is 41.4 Å². The Hall–Kier alpha value is -2.60. The van der Waals surface area contributed by atoms with Crippen molar-refractivity contribution in [2.24, 2.45) is 0 Å². The highest BCUT2D eigenvalue weighted by molar-refractivity contribution is 14.1. The van der Waals surface area contributed by atoms with Gasteiger partial charge in [-0.3, -0.25) is 14.5 Å². The Balaban J connectivity index is 1.35. The number of hydrogen-bond donors (Lipinski definition) is 0. The molecule has 2 aliphatic rings. The number of thioether (sulfide) groups is 1. The van der Waals surface area contributed by atoms with Crippen LogP contribution in [0.5, 0.6) is 23.0 Å². The standard InChI is InChI=1S/C26H18Cl2INO6S/c1-33-22-7-14(6-19(29)24(22)34-12-15-4-2-3-5-17(15)27)8-23-25(31)30(26(32)37-23)11-16-9-20-21(10-18(16)28)36-13-35-20/h2-10H,11-13H2,1H3/b23-8+. The van der Waals surface area contributed by atoms with Crippen LogP contribution in [0.15, 0.2) is 53.4 Å². The van der Waals surface area contributed by atoms with E-state index < -0.39 is 5.91 Å². The summed E-state index contributed by atoms with van der Waals surface area (Å²) in [5, 5.41) is 0.621. The largest absolute Gasteiger partial charge is 0.493 e. The summed E-state index contributed by atoms with van der Waals surface area (Å²) < 4.78 is 23.0. The zero-order valence-corrected chi connectivity index (χ0v) is 23.7. The lowest BCUT2D eigenvalue weighted by Gasteiger charge is -2.15. The van der Waals surface area contributed by atoms with Gasteiger partial charge in [0.15, 0.2) is 23.0 Å². The van der Waals surface area contributed by atoms with Crippen molar-refractivity contribution >= 4 is 74.8 Å². The number of imide groups is 1. The Morgan fingerprint density at radius 2 is 1.81 bits per heavy atom. The molecular formula is C26H18Cl2INO6S. The molecule has 0 saturated carbocycles. The number of nitrogens with zero attached hydrogens (tertiary/aromatic N) is 1. The number of rotatable bonds is 7. The van der Waals surface area contributed by atoms with Gasteiger partial charge in [-0.15, -0.1) is 0 Å². The van der Waals surface area contributed by atoms with Gasteiger partial charge in [-0.05, 0) is 75.8 Å². The molecule has 3 aromatic carbocycles. The first kappa shape index (κ1) is 26.0. The van der Waals surface area contributed by atoms with Crippen LogP contribution in [0.2, 0.25) is 10.0 Å². The van der Waals surface area contributed by atoms with Crippen LogP contribution in [0.25, 0.3) is 6.08 Å². The van der Waals surface area contributed by atoms with Gasteiger partial charge in [-0.25, -0.2) is 0 Å². The maximum atomic E-state index is 13.1. The summed E-state index contributed by atoms with van der Waals surface area (Å²) in [7, 11) is 1.54. The van der Waals surface area contributed by atoms with E-state index in [1.165, 1.54) is 0 Å². The molecule has 0 aromatic heterocycles. The smallest absolute Gasteiger partial charge is 0.293 e. The van der Waals surface area contributed by atoms with E-state index in [0.29, 0.717) is 49.1 Å². The predicted molar refractivity (Wildman–Crippen MR) is 151 cm³/mol. The van der Waals surface area contributed by atoms with Gasteiger partial charge in [0.25, 0.3) is 11.1 Å². The molecule has 0 N–H and O–H groups in total. The molecule has 0 bridgehead atoms. The summed E-state index contributed by atoms with van der Waals surface area (Å²) >= 11 is 15.6. The lowest BCUT2D eigenvalue weighted by Crippen LogP contribution is -2.27. The van der Waals surface area contributed by atoms with Crippen LogP contribution in [0.3, 0.4) is 0 Å². The van der Waals surface area contributed by atoms with Crippen molar-refractivity contribution in [3.05, 3.63) is 83.7 Å². The molecule has 5 rings (SSSR count). The highest BCUT2D eigenvalue weighted by atomic mass is 127. The number of fused-ring (bicyclic) bond motifs is 1. The number of hydrogen-bond acceptors (Lipinski definition) is 7. The fourth-order valence-electron chi connectivity index (χ4n) is 3.77. The molecule has 3 aromatic rings. The van der Waals surface area contributed by atoms with E-state index in [0.717, 1.165) is 25.8 Å². The third kappa shape index (κ3) is 5.50. The van der Waals surface area contributed by atoms with E-state index in [4.69, 9.17) is 42.1 Å². The fourth-order valence-corrected chi connectivity index (χ4v) is 5.79. The van der Waals surface area contributed by atoms with Gasteiger partial charge >= 0.3 is 0 Å². The molecule has 0 unspecified atom stereocenters. The molecule has 2 heterocycles. The molecule has 0 atom stereocenters. The maximum absolute atomic E-state index is 13.1. The van der Waals surface area contributed by atoms with Crippen LogP contribution >= 0.6 is 57.6 Å². The van der Waals surface area contributed by atoms with E-state index >= 15 is 0 Å². The lowest BCUT2D eigenvalue weighted by atomic mass is 10.1. The summed E-state index contributed by atoms with van der Waals surface area (Å²) in [5.41, 5.74) is 2.13. The van der Waals surface area contributed by atoms with Crippen molar-refractivity contribution in [1.82, 2.24) is 4.90 Å². The average Bonchev–Trinajstić information content (AvgIpc) is 3.43. The van der Waals surface area contributed by atoms with E-state index in [1.54, 1.807) is 37.5 Å². The lowest BCUT2D eigenvalue weighted by molar-refractivity contribution is -0.123. The van der Waals surface area contributed by atoms with Gasteiger partial charge in [0.05, 0.1) is 22.1 Å². The number of benzene rings is 3. The first-order valence-corrected chi connectivity index (χ1v) is 13.6. The molecule has 0 spiro atoms. The number of carbonyl (C=O) groups excluding carboxylic acids is 2. The number of ether oxygens (including phenoxy) is 4. The van der Waals surface area contributed by atoms with Crippen molar-refractivity contribution in [2.75, 3.05) is 13.9 Å². The van der Waals surface area contributed by atoms with Crippen LogP contribution in [-0.2, 0) is 17.9 Å². The highest BCUT2D eigenvalue weighted by Gasteiger charge is 2.36. The van der Waals surface area contributed by atoms with Crippen LogP contribution in [0.4, 0.5) is 4.79 Å². The summed E-state index contributed by atoms with van der Waals surface area (Å²) in [6, 6.07) is 14.4. The normalized spacial score (nSPS) is 15.6. The third-order valence-electron chi connectivity index (χ3n) is 5.62. The average molecular weight is 670 g/mol. The summed E-state index contributed by atoms with van der Waals surface area (Å²) in [5.74, 6) is 1.71. The van der Waals surface area contributed by atoms with Gasteiger partial charge in [0, 0.05) is 21.7 Å². The number of carbonyl (C=O) groups is 2. The Labute approximate surface area is 240 Å². The minimum atomic E-state index is -0.406. The number of amides is 2. The zero-order chi connectivity index (χ0) is 26.1. The fraction of sp³-hybridized carbons (Fsp3) is 0.154. The Morgan fingerprint density at radius 3 is 2.57 bits per heavy atom. The van der Waals surface area contributed by atoms with Crippen LogP contribution in [-0.4, -0.2) is 29.9 Å². The molecule has 2 amide bonds. The second-order valence-corrected chi connectivity index (χ2v) is 10.9. The van der Waals surface area contributed by atoms with E-state index in [1.807, 2.05) is 24.3 Å². The number of halogens is 3. The quantitative estimate of drug-likeness (QED) is 0.195. The Kier molecular flexibility index (Phi) is 7.75. The molecule has 11 heteroatoms. The third-order valence-corrected chi connectivity index (χ3v) is 8.05. The minimum absolute atomic E-state index is 0.0210. The molecule has 190 valence electrons. The molecule has 2 aliphatic heterocycles. The maximum Gasteiger partial charge on any atom is 0.293 e. The molecular weight excluding hydrogens is 652 g/mol. The highest BCUT2D eigenvalue weighted by Crippen LogP contribution is 2.40. The van der Waals surface area contributed by atoms with E-state index in [9.17, 15) is 9.59 Å². The summed E-state index contributed by atoms with van der Waals surface area (Å²) in [4.78, 5) is 27.3. The first-order chi connectivity index (χ1) is 17.8. The van der Waals surface area contributed by atoms with Gasteiger partial charge in [-0.2, -0.15) is 0 Å². The molecule has 1 saturated heterocycles.